The largest absolute Gasteiger partial charge is 0.394 e. The van der Waals surface area contributed by atoms with E-state index in [1.165, 1.54) is 70.6 Å². The van der Waals surface area contributed by atoms with Gasteiger partial charge in [-0.25, -0.2) is 0 Å². The standard InChI is InChI=1S/C18H35NO.H2O4S/c1-2-3-4-5-6-7-8-9-10-11-12-13-14-15-16-17-18(19)20;1-5(2,3)4/h9-10H,2-8,11-17H2,1H3,(H2,19,20);(H2,1,2,3,4). The van der Waals surface area contributed by atoms with E-state index in [1.54, 1.807) is 0 Å². The number of allylic oxidation sites excluding steroid dienone is 2. The highest BCUT2D eigenvalue weighted by molar-refractivity contribution is 7.79. The maximum absolute atomic E-state index is 10.5. The SMILES string of the molecule is CCCCCCCCC=CCCCCCCCC(N)=O.O=S(=O)(O)O. The van der Waals surface area contributed by atoms with Crippen LogP contribution in [0.4, 0.5) is 0 Å². The molecule has 6 nitrogen and oxygen atoms in total. The number of nitrogens with two attached hydrogens (primary N) is 1. The van der Waals surface area contributed by atoms with Crippen LogP contribution in [0.25, 0.3) is 0 Å². The van der Waals surface area contributed by atoms with Crippen LogP contribution in [-0.2, 0) is 15.2 Å². The Morgan fingerprint density at radius 1 is 0.800 bits per heavy atom. The van der Waals surface area contributed by atoms with Gasteiger partial charge in [-0.3, -0.25) is 13.9 Å². The molecule has 0 atom stereocenters. The predicted octanol–water partition coefficient (Wildman–Crippen LogP) is 4.86. The van der Waals surface area contributed by atoms with Gasteiger partial charge in [0, 0.05) is 6.42 Å². The molecule has 0 heterocycles. The second-order valence-electron chi connectivity index (χ2n) is 6.25. The number of hydrogen-bond acceptors (Lipinski definition) is 3. The minimum absolute atomic E-state index is 0.164. The molecule has 0 rings (SSSR count). The Bertz CT molecular complexity index is 413. The second-order valence-corrected chi connectivity index (χ2v) is 7.14. The van der Waals surface area contributed by atoms with Crippen LogP contribution < -0.4 is 5.73 Å². The molecule has 0 bridgehead atoms. The van der Waals surface area contributed by atoms with Gasteiger partial charge in [0.25, 0.3) is 0 Å². The number of unbranched alkanes of at least 4 members (excludes halogenated alkanes) is 11. The van der Waals surface area contributed by atoms with Gasteiger partial charge in [0.2, 0.25) is 5.91 Å². The van der Waals surface area contributed by atoms with Crippen LogP contribution in [0.5, 0.6) is 0 Å². The van der Waals surface area contributed by atoms with Crippen molar-refractivity contribution in [1.29, 1.82) is 0 Å². The molecule has 0 radical (unpaired) electrons. The van der Waals surface area contributed by atoms with Gasteiger partial charge in [-0.1, -0.05) is 70.4 Å². The van der Waals surface area contributed by atoms with Crippen LogP contribution in [0.1, 0.15) is 96.8 Å². The Labute approximate surface area is 153 Å². The van der Waals surface area contributed by atoms with E-state index >= 15 is 0 Å². The molecular formula is C18H37NO5S. The number of amides is 1. The first-order chi connectivity index (χ1) is 11.8. The third-order valence-corrected chi connectivity index (χ3v) is 3.68. The van der Waals surface area contributed by atoms with Gasteiger partial charge in [-0.05, 0) is 32.1 Å². The maximum Gasteiger partial charge on any atom is 0.394 e. The molecular weight excluding hydrogens is 342 g/mol. The summed E-state index contributed by atoms with van der Waals surface area (Å²) in [6.45, 7) is 2.26. The summed E-state index contributed by atoms with van der Waals surface area (Å²) in [5.41, 5.74) is 5.10. The highest BCUT2D eigenvalue weighted by Crippen LogP contribution is 2.09. The molecule has 0 aliphatic carbocycles. The molecule has 150 valence electrons. The third kappa shape index (κ3) is 39.7. The number of carbonyl (C=O) groups is 1. The van der Waals surface area contributed by atoms with Crippen LogP contribution in [0, 0.1) is 0 Å². The zero-order valence-electron chi connectivity index (χ0n) is 15.7. The first kappa shape index (κ1) is 26.3. The van der Waals surface area contributed by atoms with Gasteiger partial charge in [-0.15, -0.1) is 0 Å². The maximum atomic E-state index is 10.5. The zero-order chi connectivity index (χ0) is 19.4. The van der Waals surface area contributed by atoms with E-state index in [2.05, 4.69) is 19.1 Å². The van der Waals surface area contributed by atoms with Crippen molar-refractivity contribution < 1.29 is 22.3 Å². The predicted molar refractivity (Wildman–Crippen MR) is 103 cm³/mol. The minimum Gasteiger partial charge on any atom is -0.370 e. The van der Waals surface area contributed by atoms with Crippen molar-refractivity contribution in [3.63, 3.8) is 0 Å². The lowest BCUT2D eigenvalue weighted by atomic mass is 10.1. The lowest BCUT2D eigenvalue weighted by Crippen LogP contribution is -2.09. The Morgan fingerprint density at radius 3 is 1.56 bits per heavy atom. The van der Waals surface area contributed by atoms with Crippen LogP contribution in [0.15, 0.2) is 12.2 Å². The van der Waals surface area contributed by atoms with E-state index in [0.29, 0.717) is 6.42 Å². The normalized spacial score (nSPS) is 11.3. The summed E-state index contributed by atoms with van der Waals surface area (Å²) in [5, 5.41) is 0. The van der Waals surface area contributed by atoms with Crippen LogP contribution in [-0.4, -0.2) is 23.4 Å². The number of primary amides is 1. The van der Waals surface area contributed by atoms with E-state index in [4.69, 9.17) is 23.3 Å². The molecule has 0 saturated heterocycles. The van der Waals surface area contributed by atoms with Gasteiger partial charge in [0.1, 0.15) is 0 Å². The van der Waals surface area contributed by atoms with Crippen molar-refractivity contribution in [1.82, 2.24) is 0 Å². The molecule has 7 heteroatoms. The average molecular weight is 380 g/mol. The molecule has 0 aliphatic heterocycles. The van der Waals surface area contributed by atoms with E-state index in [1.807, 2.05) is 0 Å². The fourth-order valence-corrected chi connectivity index (χ4v) is 2.37. The molecule has 1 amide bonds. The number of rotatable bonds is 15. The smallest absolute Gasteiger partial charge is 0.370 e. The monoisotopic (exact) mass is 379 g/mol. The molecule has 0 aromatic carbocycles. The van der Waals surface area contributed by atoms with Gasteiger partial charge < -0.3 is 5.73 Å². The minimum atomic E-state index is -4.67. The summed E-state index contributed by atoms with van der Waals surface area (Å²) >= 11 is 0. The highest BCUT2D eigenvalue weighted by atomic mass is 32.3. The molecule has 0 saturated carbocycles. The quantitative estimate of drug-likeness (QED) is 0.213. The molecule has 25 heavy (non-hydrogen) atoms. The van der Waals surface area contributed by atoms with Crippen molar-refractivity contribution in [3.05, 3.63) is 12.2 Å². The Morgan fingerprint density at radius 2 is 1.16 bits per heavy atom. The summed E-state index contributed by atoms with van der Waals surface area (Å²) < 4.78 is 31.6. The molecule has 0 aromatic heterocycles. The fourth-order valence-electron chi connectivity index (χ4n) is 2.37. The first-order valence-electron chi connectivity index (χ1n) is 9.40. The summed E-state index contributed by atoms with van der Waals surface area (Å²) in [7, 11) is -4.67. The van der Waals surface area contributed by atoms with Crippen molar-refractivity contribution in [2.45, 2.75) is 96.8 Å². The van der Waals surface area contributed by atoms with Gasteiger partial charge in [-0.2, -0.15) is 8.42 Å². The van der Waals surface area contributed by atoms with Gasteiger partial charge in [0.05, 0.1) is 0 Å². The van der Waals surface area contributed by atoms with Crippen LogP contribution in [0.3, 0.4) is 0 Å². The number of carbonyl (C=O) groups excluding carboxylic acids is 1. The molecule has 4 N–H and O–H groups in total. The summed E-state index contributed by atoms with van der Waals surface area (Å²) in [4.78, 5) is 10.5. The molecule has 0 aliphatic rings. The molecule has 0 fully saturated rings. The summed E-state index contributed by atoms with van der Waals surface area (Å²) in [6.07, 6.45) is 21.9. The fraction of sp³-hybridized carbons (Fsp3) is 0.833. The van der Waals surface area contributed by atoms with E-state index in [0.717, 1.165) is 12.8 Å². The molecule has 0 unspecified atom stereocenters. The topological polar surface area (TPSA) is 118 Å². The Kier molecular flexibility index (Phi) is 20.4. The second kappa shape index (κ2) is 19.4. The van der Waals surface area contributed by atoms with Crippen molar-refractivity contribution >= 4 is 16.3 Å². The lowest BCUT2D eigenvalue weighted by Gasteiger charge is -1.99. The summed E-state index contributed by atoms with van der Waals surface area (Å²) in [5.74, 6) is -0.164. The zero-order valence-corrected chi connectivity index (χ0v) is 16.5. The van der Waals surface area contributed by atoms with Crippen molar-refractivity contribution in [2.75, 3.05) is 0 Å². The highest BCUT2D eigenvalue weighted by Gasteiger charge is 1.94. The van der Waals surface area contributed by atoms with Crippen molar-refractivity contribution in [3.8, 4) is 0 Å². The third-order valence-electron chi connectivity index (χ3n) is 3.68. The lowest BCUT2D eigenvalue weighted by molar-refractivity contribution is -0.118. The van der Waals surface area contributed by atoms with Crippen LogP contribution >= 0.6 is 0 Å². The van der Waals surface area contributed by atoms with E-state index in [-0.39, 0.29) is 5.91 Å². The van der Waals surface area contributed by atoms with Gasteiger partial charge in [0.15, 0.2) is 0 Å². The van der Waals surface area contributed by atoms with Crippen LogP contribution in [0.2, 0.25) is 0 Å². The van der Waals surface area contributed by atoms with Crippen molar-refractivity contribution in [2.24, 2.45) is 5.73 Å². The molecule has 0 spiro atoms. The summed E-state index contributed by atoms with van der Waals surface area (Å²) in [6, 6.07) is 0. The Hall–Kier alpha value is -0.920. The average Bonchev–Trinajstić information content (AvgIpc) is 2.49. The molecule has 0 aromatic rings. The van der Waals surface area contributed by atoms with E-state index < -0.39 is 10.4 Å². The number of hydrogen-bond donors (Lipinski definition) is 3. The van der Waals surface area contributed by atoms with E-state index in [9.17, 15) is 4.79 Å². The first-order valence-corrected chi connectivity index (χ1v) is 10.8. The Balaban J connectivity index is 0. The van der Waals surface area contributed by atoms with Gasteiger partial charge >= 0.3 is 10.4 Å².